The lowest BCUT2D eigenvalue weighted by Gasteiger charge is -2.42. The van der Waals surface area contributed by atoms with Gasteiger partial charge in [0.05, 0.1) is 16.2 Å². The summed E-state index contributed by atoms with van der Waals surface area (Å²) in [5.74, 6) is -1.21. The highest BCUT2D eigenvalue weighted by atomic mass is 16.6. The second-order valence-corrected chi connectivity index (χ2v) is 14.0. The van der Waals surface area contributed by atoms with Gasteiger partial charge in [0.25, 0.3) is 0 Å². The average Bonchev–Trinajstić information content (AvgIpc) is 2.99. The first kappa shape index (κ1) is 28.6. The van der Waals surface area contributed by atoms with Crippen LogP contribution in [0.1, 0.15) is 115 Å². The van der Waals surface area contributed by atoms with Crippen molar-refractivity contribution in [3.8, 4) is 0 Å². The third-order valence-electron chi connectivity index (χ3n) is 9.32. The molecule has 0 radical (unpaired) electrons. The molecular formula is C28H48O6. The molecule has 0 heterocycles. The fourth-order valence-electron chi connectivity index (χ4n) is 6.47. The fraction of sp³-hybridized carbons (Fsp3) is 0.893. The number of hydrogen-bond donors (Lipinski definition) is 1. The van der Waals surface area contributed by atoms with Crippen molar-refractivity contribution in [2.24, 2.45) is 33.0 Å². The van der Waals surface area contributed by atoms with Gasteiger partial charge in [0.15, 0.2) is 0 Å². The predicted octanol–water partition coefficient (Wildman–Crippen LogP) is 6.40. The van der Waals surface area contributed by atoms with Gasteiger partial charge in [-0.1, -0.05) is 27.7 Å². The van der Waals surface area contributed by atoms with Crippen LogP contribution in [0.4, 0.5) is 0 Å². The van der Waals surface area contributed by atoms with Crippen LogP contribution in [0.3, 0.4) is 0 Å². The van der Waals surface area contributed by atoms with E-state index in [1.807, 2.05) is 0 Å². The first-order valence-electron chi connectivity index (χ1n) is 12.8. The van der Waals surface area contributed by atoms with Gasteiger partial charge in [0.2, 0.25) is 0 Å². The predicted molar refractivity (Wildman–Crippen MR) is 132 cm³/mol. The lowest BCUT2D eigenvalue weighted by Crippen LogP contribution is -2.46. The summed E-state index contributed by atoms with van der Waals surface area (Å²) in [4.78, 5) is 39.0. The molecule has 0 aromatic rings. The molecule has 0 amide bonds. The van der Waals surface area contributed by atoms with Crippen LogP contribution >= 0.6 is 0 Å². The lowest BCUT2D eigenvalue weighted by molar-refractivity contribution is -0.178. The molecular weight excluding hydrogens is 432 g/mol. The molecule has 0 aliphatic heterocycles. The van der Waals surface area contributed by atoms with Crippen LogP contribution in [0, 0.1) is 33.0 Å². The normalized spacial score (nSPS) is 29.7. The summed E-state index contributed by atoms with van der Waals surface area (Å²) >= 11 is 0. The minimum absolute atomic E-state index is 0.0536. The Kier molecular flexibility index (Phi) is 7.43. The standard InChI is InChI=1S/C28H48O6/c1-12-26(9,20(29)30)17-27(10,22(32)34-23(2,3)4)16-24(5,6)21(31)33-19-15-18-13-14-28(19,11)25(18,7)8/h18-19H,12-17H2,1-11H3,(H,29,30). The maximum atomic E-state index is 13.5. The van der Waals surface area contributed by atoms with Crippen molar-refractivity contribution < 1.29 is 29.0 Å². The minimum atomic E-state index is -1.17. The SMILES string of the molecule is CCC(C)(CC(C)(CC(C)(C)C(=O)OC1CC2CCC1(C)C2(C)C)C(=O)OC(C)(C)C)C(=O)O. The molecule has 0 spiro atoms. The van der Waals surface area contributed by atoms with E-state index in [2.05, 4.69) is 20.8 Å². The summed E-state index contributed by atoms with van der Waals surface area (Å²) in [6.45, 7) is 20.9. The summed E-state index contributed by atoms with van der Waals surface area (Å²) in [6, 6.07) is 0. The molecule has 2 aliphatic carbocycles. The number of aliphatic carboxylic acids is 1. The topological polar surface area (TPSA) is 89.9 Å². The molecule has 6 heteroatoms. The Labute approximate surface area is 206 Å². The Morgan fingerprint density at radius 1 is 0.912 bits per heavy atom. The van der Waals surface area contributed by atoms with Gasteiger partial charge in [-0.3, -0.25) is 14.4 Å². The Hall–Kier alpha value is -1.59. The van der Waals surface area contributed by atoms with Crippen molar-refractivity contribution in [2.45, 2.75) is 126 Å². The molecule has 2 fully saturated rings. The van der Waals surface area contributed by atoms with E-state index in [-0.39, 0.29) is 35.7 Å². The van der Waals surface area contributed by atoms with Gasteiger partial charge in [-0.2, -0.15) is 0 Å². The van der Waals surface area contributed by atoms with Crippen LogP contribution in [0.2, 0.25) is 0 Å². The second-order valence-electron chi connectivity index (χ2n) is 14.0. The molecule has 2 aliphatic rings. The quantitative estimate of drug-likeness (QED) is 0.384. The number of rotatable bonds is 9. The largest absolute Gasteiger partial charge is 0.481 e. The van der Waals surface area contributed by atoms with E-state index in [1.165, 1.54) is 6.42 Å². The maximum Gasteiger partial charge on any atom is 0.312 e. The van der Waals surface area contributed by atoms with Gasteiger partial charge >= 0.3 is 17.9 Å². The zero-order chi connectivity index (χ0) is 26.5. The molecule has 1 N–H and O–H groups in total. The van der Waals surface area contributed by atoms with Gasteiger partial charge in [-0.25, -0.2) is 0 Å². The van der Waals surface area contributed by atoms with Crippen molar-refractivity contribution in [1.82, 2.24) is 0 Å². The Morgan fingerprint density at radius 3 is 1.85 bits per heavy atom. The first-order valence-corrected chi connectivity index (χ1v) is 12.8. The molecule has 2 saturated carbocycles. The number of fused-ring (bicyclic) bond motifs is 2. The maximum absolute atomic E-state index is 13.5. The molecule has 5 unspecified atom stereocenters. The van der Waals surface area contributed by atoms with Gasteiger partial charge in [-0.05, 0) is 98.3 Å². The third kappa shape index (κ3) is 5.16. The van der Waals surface area contributed by atoms with Crippen LogP contribution in [0.25, 0.3) is 0 Å². The molecule has 0 aromatic carbocycles. The summed E-state index contributed by atoms with van der Waals surface area (Å²) < 4.78 is 11.9. The summed E-state index contributed by atoms with van der Waals surface area (Å²) in [7, 11) is 0. The van der Waals surface area contributed by atoms with E-state index in [0.29, 0.717) is 12.3 Å². The number of carbonyl (C=O) groups excluding carboxylic acids is 2. The molecule has 34 heavy (non-hydrogen) atoms. The highest BCUT2D eigenvalue weighted by Gasteiger charge is 2.63. The summed E-state index contributed by atoms with van der Waals surface area (Å²) in [5.41, 5.74) is -3.93. The van der Waals surface area contributed by atoms with E-state index in [9.17, 15) is 19.5 Å². The monoisotopic (exact) mass is 480 g/mol. The Bertz CT molecular complexity index is 821. The summed E-state index contributed by atoms with van der Waals surface area (Å²) in [5, 5.41) is 9.90. The molecule has 5 atom stereocenters. The van der Waals surface area contributed by atoms with Gasteiger partial charge in [-0.15, -0.1) is 0 Å². The average molecular weight is 481 g/mol. The van der Waals surface area contributed by atoms with E-state index in [4.69, 9.17) is 9.47 Å². The zero-order valence-electron chi connectivity index (χ0n) is 23.4. The van der Waals surface area contributed by atoms with Crippen LogP contribution in [0.5, 0.6) is 0 Å². The van der Waals surface area contributed by atoms with Crippen molar-refractivity contribution in [3.63, 3.8) is 0 Å². The molecule has 2 rings (SSSR count). The van der Waals surface area contributed by atoms with Crippen LogP contribution < -0.4 is 0 Å². The molecule has 2 bridgehead atoms. The van der Waals surface area contributed by atoms with E-state index >= 15 is 0 Å². The van der Waals surface area contributed by atoms with E-state index < -0.39 is 33.8 Å². The van der Waals surface area contributed by atoms with Gasteiger partial charge in [0, 0.05) is 5.41 Å². The van der Waals surface area contributed by atoms with Crippen molar-refractivity contribution in [2.75, 3.05) is 0 Å². The van der Waals surface area contributed by atoms with E-state index in [1.54, 1.807) is 55.4 Å². The number of hydrogen-bond acceptors (Lipinski definition) is 5. The van der Waals surface area contributed by atoms with E-state index in [0.717, 1.165) is 12.8 Å². The number of carboxylic acids is 1. The van der Waals surface area contributed by atoms with Crippen molar-refractivity contribution >= 4 is 17.9 Å². The van der Waals surface area contributed by atoms with Gasteiger partial charge in [0.1, 0.15) is 11.7 Å². The van der Waals surface area contributed by atoms with Gasteiger partial charge < -0.3 is 14.6 Å². The number of carbonyl (C=O) groups is 3. The minimum Gasteiger partial charge on any atom is -0.481 e. The lowest BCUT2D eigenvalue weighted by atomic mass is 9.65. The van der Waals surface area contributed by atoms with Crippen molar-refractivity contribution in [1.29, 1.82) is 0 Å². The number of carboxylic acid groups (broad SMARTS) is 1. The van der Waals surface area contributed by atoms with Crippen molar-refractivity contribution in [3.05, 3.63) is 0 Å². The molecule has 196 valence electrons. The molecule has 0 saturated heterocycles. The summed E-state index contributed by atoms with van der Waals surface area (Å²) in [6.07, 6.45) is 3.54. The number of esters is 2. The molecule has 0 aromatic heterocycles. The second kappa shape index (κ2) is 8.81. The first-order chi connectivity index (χ1) is 15.1. The van der Waals surface area contributed by atoms with Crippen LogP contribution in [-0.4, -0.2) is 34.7 Å². The Morgan fingerprint density at radius 2 is 1.47 bits per heavy atom. The van der Waals surface area contributed by atoms with Crippen LogP contribution in [0.15, 0.2) is 0 Å². The highest BCUT2D eigenvalue weighted by molar-refractivity contribution is 5.82. The zero-order valence-corrected chi connectivity index (χ0v) is 23.4. The molecule has 6 nitrogen and oxygen atoms in total. The third-order valence-corrected chi connectivity index (χ3v) is 9.32. The fourth-order valence-corrected chi connectivity index (χ4v) is 6.47. The number of ether oxygens (including phenoxy) is 2. The Balaban J connectivity index is 2.30. The highest BCUT2D eigenvalue weighted by Crippen LogP contribution is 2.66. The van der Waals surface area contributed by atoms with Crippen LogP contribution in [-0.2, 0) is 23.9 Å². The smallest absolute Gasteiger partial charge is 0.312 e.